The molecule has 100 valence electrons. The number of carbonyl (C=O) groups excluding carboxylic acids is 1. The van der Waals surface area contributed by atoms with Gasteiger partial charge < -0.3 is 5.32 Å². The number of nitriles is 1. The van der Waals surface area contributed by atoms with Gasteiger partial charge in [0.1, 0.15) is 11.2 Å². The van der Waals surface area contributed by atoms with Gasteiger partial charge in [-0.25, -0.2) is 4.98 Å². The summed E-state index contributed by atoms with van der Waals surface area (Å²) >= 11 is 5.75. The quantitative estimate of drug-likeness (QED) is 0.864. The highest BCUT2D eigenvalue weighted by molar-refractivity contribution is 6.29. The zero-order valence-corrected chi connectivity index (χ0v) is 11.4. The van der Waals surface area contributed by atoms with Crippen molar-refractivity contribution in [1.82, 2.24) is 10.3 Å². The molecule has 0 aliphatic heterocycles. The molecule has 2 rings (SSSR count). The van der Waals surface area contributed by atoms with Crippen LogP contribution in [0.5, 0.6) is 0 Å². The molecule has 1 aliphatic rings. The minimum atomic E-state index is -0.417. The Balaban J connectivity index is 2.02. The Labute approximate surface area is 117 Å². The van der Waals surface area contributed by atoms with E-state index in [2.05, 4.69) is 16.4 Å². The van der Waals surface area contributed by atoms with E-state index in [4.69, 9.17) is 11.6 Å². The van der Waals surface area contributed by atoms with Crippen LogP contribution in [0, 0.1) is 17.2 Å². The van der Waals surface area contributed by atoms with Crippen LogP contribution in [-0.4, -0.2) is 16.9 Å². The first kappa shape index (κ1) is 13.8. The van der Waals surface area contributed by atoms with E-state index in [1.807, 2.05) is 0 Å². The summed E-state index contributed by atoms with van der Waals surface area (Å²) in [7, 11) is 0. The van der Waals surface area contributed by atoms with Gasteiger partial charge in [0.15, 0.2) is 0 Å². The second-order valence-corrected chi connectivity index (χ2v) is 5.23. The Kier molecular flexibility index (Phi) is 4.75. The number of pyridine rings is 1. The molecular weight excluding hydrogens is 262 g/mol. The van der Waals surface area contributed by atoms with Gasteiger partial charge in [0, 0.05) is 11.8 Å². The molecule has 1 aliphatic carbocycles. The summed E-state index contributed by atoms with van der Waals surface area (Å²) in [6.45, 7) is 0. The number of hydrogen-bond acceptors (Lipinski definition) is 3. The molecule has 4 nitrogen and oxygen atoms in total. The lowest BCUT2D eigenvalue weighted by Gasteiger charge is -2.26. The van der Waals surface area contributed by atoms with Gasteiger partial charge in [0.2, 0.25) is 0 Å². The molecule has 1 aromatic rings. The fourth-order valence-corrected chi connectivity index (χ4v) is 2.67. The lowest BCUT2D eigenvalue weighted by molar-refractivity contribution is 0.0929. The number of rotatable bonds is 3. The van der Waals surface area contributed by atoms with Crippen molar-refractivity contribution in [1.29, 1.82) is 5.26 Å². The molecule has 1 amide bonds. The van der Waals surface area contributed by atoms with E-state index in [1.165, 1.54) is 18.7 Å². The molecule has 1 heterocycles. The van der Waals surface area contributed by atoms with Crippen molar-refractivity contribution in [3.05, 3.63) is 29.0 Å². The normalized spacial score (nSPS) is 17.5. The first-order chi connectivity index (χ1) is 9.20. The molecule has 0 aromatic carbocycles. The molecule has 0 saturated heterocycles. The first-order valence-corrected chi connectivity index (χ1v) is 6.90. The molecule has 1 unspecified atom stereocenters. The van der Waals surface area contributed by atoms with E-state index < -0.39 is 6.04 Å². The van der Waals surface area contributed by atoms with Crippen molar-refractivity contribution in [3.8, 4) is 6.07 Å². The molecule has 0 bridgehead atoms. The van der Waals surface area contributed by atoms with Crippen LogP contribution in [0.4, 0.5) is 0 Å². The minimum absolute atomic E-state index is 0.263. The van der Waals surface area contributed by atoms with Gasteiger partial charge in [-0.1, -0.05) is 30.9 Å². The van der Waals surface area contributed by atoms with E-state index >= 15 is 0 Å². The summed E-state index contributed by atoms with van der Waals surface area (Å²) in [6.07, 6.45) is 7.01. The van der Waals surface area contributed by atoms with Crippen LogP contribution in [0.1, 0.15) is 42.5 Å². The Morgan fingerprint density at radius 3 is 2.84 bits per heavy atom. The average molecular weight is 278 g/mol. The predicted molar refractivity (Wildman–Crippen MR) is 72.7 cm³/mol. The van der Waals surface area contributed by atoms with E-state index in [0.717, 1.165) is 25.7 Å². The van der Waals surface area contributed by atoms with Crippen molar-refractivity contribution in [2.24, 2.45) is 5.92 Å². The lowest BCUT2D eigenvalue weighted by atomic mass is 9.84. The summed E-state index contributed by atoms with van der Waals surface area (Å²) in [4.78, 5) is 15.9. The molecule has 1 atom stereocenters. The third-order valence-corrected chi connectivity index (χ3v) is 3.74. The molecular formula is C14H16ClN3O. The van der Waals surface area contributed by atoms with Gasteiger partial charge in [-0.2, -0.15) is 5.26 Å². The van der Waals surface area contributed by atoms with Crippen LogP contribution in [0.15, 0.2) is 18.3 Å². The summed E-state index contributed by atoms with van der Waals surface area (Å²) in [6, 6.07) is 4.89. The number of aromatic nitrogens is 1. The van der Waals surface area contributed by atoms with E-state index in [-0.39, 0.29) is 17.0 Å². The van der Waals surface area contributed by atoms with Gasteiger partial charge in [-0.15, -0.1) is 0 Å². The van der Waals surface area contributed by atoms with Crippen LogP contribution in [0.25, 0.3) is 0 Å². The van der Waals surface area contributed by atoms with Gasteiger partial charge in [-0.3, -0.25) is 4.79 Å². The lowest BCUT2D eigenvalue weighted by Crippen LogP contribution is -2.40. The Morgan fingerprint density at radius 2 is 2.21 bits per heavy atom. The highest BCUT2D eigenvalue weighted by Crippen LogP contribution is 2.26. The maximum atomic E-state index is 12.1. The molecule has 0 spiro atoms. The standard InChI is InChI=1S/C14H16ClN3O/c15-13-8-11(6-7-17-13)14(19)18-12(9-16)10-4-2-1-3-5-10/h6-8,10,12H,1-5H2,(H,18,19). The van der Waals surface area contributed by atoms with Crippen molar-refractivity contribution in [2.45, 2.75) is 38.1 Å². The maximum absolute atomic E-state index is 12.1. The fraction of sp³-hybridized carbons (Fsp3) is 0.500. The van der Waals surface area contributed by atoms with Crippen LogP contribution in [0.3, 0.4) is 0 Å². The van der Waals surface area contributed by atoms with Crippen LogP contribution < -0.4 is 5.32 Å². The fourth-order valence-electron chi connectivity index (χ4n) is 2.49. The summed E-state index contributed by atoms with van der Waals surface area (Å²) in [5.41, 5.74) is 0.441. The Morgan fingerprint density at radius 1 is 1.47 bits per heavy atom. The SMILES string of the molecule is N#CC(NC(=O)c1ccnc(Cl)c1)C1CCCCC1. The van der Waals surface area contributed by atoms with E-state index in [9.17, 15) is 10.1 Å². The van der Waals surface area contributed by atoms with Gasteiger partial charge in [0.25, 0.3) is 5.91 Å². The topological polar surface area (TPSA) is 65.8 Å². The smallest absolute Gasteiger partial charge is 0.252 e. The van der Waals surface area contributed by atoms with Crippen molar-refractivity contribution >= 4 is 17.5 Å². The molecule has 0 radical (unpaired) electrons. The predicted octanol–water partition coefficient (Wildman–Crippen LogP) is 2.94. The average Bonchev–Trinajstić information content (AvgIpc) is 2.45. The largest absolute Gasteiger partial charge is 0.336 e. The number of nitrogens with zero attached hydrogens (tertiary/aromatic N) is 2. The number of nitrogens with one attached hydrogen (secondary N) is 1. The summed E-state index contributed by atoms with van der Waals surface area (Å²) in [5.74, 6) is 0.00133. The highest BCUT2D eigenvalue weighted by Gasteiger charge is 2.25. The van der Waals surface area contributed by atoms with E-state index in [1.54, 1.807) is 6.07 Å². The van der Waals surface area contributed by atoms with Crippen molar-refractivity contribution in [2.75, 3.05) is 0 Å². The summed E-state index contributed by atoms with van der Waals surface area (Å²) in [5, 5.41) is 12.3. The van der Waals surface area contributed by atoms with Crippen LogP contribution >= 0.6 is 11.6 Å². The molecule has 1 fully saturated rings. The van der Waals surface area contributed by atoms with Gasteiger partial charge in [0.05, 0.1) is 6.07 Å². The molecule has 1 aromatic heterocycles. The highest BCUT2D eigenvalue weighted by atomic mass is 35.5. The number of hydrogen-bond donors (Lipinski definition) is 1. The molecule has 19 heavy (non-hydrogen) atoms. The Bertz CT molecular complexity index is 492. The maximum Gasteiger partial charge on any atom is 0.252 e. The molecule has 1 N–H and O–H groups in total. The number of carbonyl (C=O) groups is 1. The van der Waals surface area contributed by atoms with Crippen LogP contribution in [-0.2, 0) is 0 Å². The monoisotopic (exact) mass is 277 g/mol. The zero-order valence-electron chi connectivity index (χ0n) is 10.6. The van der Waals surface area contributed by atoms with Gasteiger partial charge >= 0.3 is 0 Å². The third-order valence-electron chi connectivity index (χ3n) is 3.54. The second kappa shape index (κ2) is 6.53. The van der Waals surface area contributed by atoms with Crippen LogP contribution in [0.2, 0.25) is 5.15 Å². The minimum Gasteiger partial charge on any atom is -0.336 e. The Hall–Kier alpha value is -1.60. The second-order valence-electron chi connectivity index (χ2n) is 4.85. The van der Waals surface area contributed by atoms with Gasteiger partial charge in [-0.05, 0) is 30.9 Å². The number of amides is 1. The molecule has 1 saturated carbocycles. The van der Waals surface area contributed by atoms with Crippen molar-refractivity contribution in [3.63, 3.8) is 0 Å². The zero-order chi connectivity index (χ0) is 13.7. The summed E-state index contributed by atoms with van der Waals surface area (Å²) < 4.78 is 0. The number of halogens is 1. The third kappa shape index (κ3) is 3.68. The van der Waals surface area contributed by atoms with Crippen molar-refractivity contribution < 1.29 is 4.79 Å². The molecule has 5 heteroatoms. The van der Waals surface area contributed by atoms with E-state index in [0.29, 0.717) is 5.56 Å². The first-order valence-electron chi connectivity index (χ1n) is 6.53.